The van der Waals surface area contributed by atoms with Crippen LogP contribution in [0.25, 0.3) is 22.4 Å². The summed E-state index contributed by atoms with van der Waals surface area (Å²) >= 11 is 0. The van der Waals surface area contributed by atoms with E-state index in [0.717, 1.165) is 38.1 Å². The number of carbonyl (C=O) groups excluding carboxylic acids is 1. The van der Waals surface area contributed by atoms with Crippen molar-refractivity contribution in [1.82, 2.24) is 19.5 Å². The van der Waals surface area contributed by atoms with E-state index in [2.05, 4.69) is 27.2 Å². The Kier molecular flexibility index (Phi) is 6.08. The number of halogens is 2. The highest BCUT2D eigenvalue weighted by atomic mass is 19.1. The second kappa shape index (κ2) is 8.80. The molecule has 0 spiro atoms. The molecule has 32 heavy (non-hydrogen) atoms. The number of hydrogen-bond acceptors (Lipinski definition) is 6. The lowest BCUT2D eigenvalue weighted by atomic mass is 9.79. The molecule has 7 nitrogen and oxygen atoms in total. The normalized spacial score (nSPS) is 16.3. The number of rotatable bonds is 7. The molecule has 1 N–H and O–H groups in total. The van der Waals surface area contributed by atoms with Gasteiger partial charge in [0.15, 0.2) is 17.5 Å². The molecule has 3 heterocycles. The van der Waals surface area contributed by atoms with Gasteiger partial charge in [0.2, 0.25) is 0 Å². The van der Waals surface area contributed by atoms with Crippen LogP contribution in [0.2, 0.25) is 0 Å². The Bertz CT molecular complexity index is 1140. The van der Waals surface area contributed by atoms with Crippen LogP contribution in [0.1, 0.15) is 46.0 Å². The predicted molar refractivity (Wildman–Crippen MR) is 117 cm³/mol. The molecule has 4 rings (SSSR count). The number of esters is 1. The minimum absolute atomic E-state index is 0.0128. The second-order valence-electron chi connectivity index (χ2n) is 8.64. The van der Waals surface area contributed by atoms with E-state index in [0.29, 0.717) is 23.2 Å². The first kappa shape index (κ1) is 22.1. The van der Waals surface area contributed by atoms with Crippen molar-refractivity contribution >= 4 is 22.8 Å². The maximum Gasteiger partial charge on any atom is 0.307 e. The standard InChI is InChI=1S/C23H27F2N5O2/c1-4-32-19(31)10-18(23(2)7-5-6-8-23)28-21-17(25)12-26-20(29-21)16-13-30(3)22-15(16)9-14(24)11-27-22/h9,11-13,18H,4-8,10H2,1-3H3,(H,26,28,29). The number of aryl methyl sites for hydroxylation is 1. The van der Waals surface area contributed by atoms with E-state index in [9.17, 15) is 13.6 Å². The fourth-order valence-electron chi connectivity index (χ4n) is 4.57. The molecule has 0 radical (unpaired) electrons. The fraction of sp³-hybridized carbons (Fsp3) is 0.478. The smallest absolute Gasteiger partial charge is 0.307 e. The molecule has 1 atom stereocenters. The van der Waals surface area contributed by atoms with E-state index < -0.39 is 11.6 Å². The number of nitrogens with one attached hydrogen (secondary N) is 1. The van der Waals surface area contributed by atoms with Crippen molar-refractivity contribution < 1.29 is 18.3 Å². The zero-order valence-electron chi connectivity index (χ0n) is 18.5. The Morgan fingerprint density at radius 2 is 2.03 bits per heavy atom. The highest BCUT2D eigenvalue weighted by molar-refractivity contribution is 5.92. The first-order chi connectivity index (χ1) is 15.3. The topological polar surface area (TPSA) is 81.9 Å². The molecule has 170 valence electrons. The van der Waals surface area contributed by atoms with Gasteiger partial charge in [-0.25, -0.2) is 23.7 Å². The largest absolute Gasteiger partial charge is 0.466 e. The Morgan fingerprint density at radius 3 is 2.75 bits per heavy atom. The quantitative estimate of drug-likeness (QED) is 0.537. The monoisotopic (exact) mass is 443 g/mol. The molecule has 1 unspecified atom stereocenters. The molecule has 0 aromatic carbocycles. The lowest BCUT2D eigenvalue weighted by Crippen LogP contribution is -2.39. The van der Waals surface area contributed by atoms with Gasteiger partial charge in [0.1, 0.15) is 11.5 Å². The molecule has 0 bridgehead atoms. The fourth-order valence-corrected chi connectivity index (χ4v) is 4.57. The van der Waals surface area contributed by atoms with Crippen molar-refractivity contribution in [3.8, 4) is 11.4 Å². The molecule has 3 aromatic rings. The third-order valence-corrected chi connectivity index (χ3v) is 6.34. The summed E-state index contributed by atoms with van der Waals surface area (Å²) in [6, 6.07) is 1.02. The summed E-state index contributed by atoms with van der Waals surface area (Å²) in [7, 11) is 1.79. The third-order valence-electron chi connectivity index (χ3n) is 6.34. The Labute approximate surface area is 185 Å². The summed E-state index contributed by atoms with van der Waals surface area (Å²) in [6.45, 7) is 4.16. The van der Waals surface area contributed by atoms with Crippen LogP contribution < -0.4 is 5.32 Å². The molecule has 1 saturated carbocycles. The highest BCUT2D eigenvalue weighted by Gasteiger charge is 2.39. The highest BCUT2D eigenvalue weighted by Crippen LogP contribution is 2.43. The van der Waals surface area contributed by atoms with Crippen LogP contribution in [0.3, 0.4) is 0 Å². The Morgan fingerprint density at radius 1 is 1.28 bits per heavy atom. The van der Waals surface area contributed by atoms with Crippen molar-refractivity contribution in [2.45, 2.75) is 52.0 Å². The van der Waals surface area contributed by atoms with E-state index in [1.807, 2.05) is 0 Å². The van der Waals surface area contributed by atoms with Crippen LogP contribution in [0.5, 0.6) is 0 Å². The van der Waals surface area contributed by atoms with Crippen molar-refractivity contribution in [3.63, 3.8) is 0 Å². The van der Waals surface area contributed by atoms with Gasteiger partial charge in [-0.2, -0.15) is 0 Å². The van der Waals surface area contributed by atoms with Crippen LogP contribution in [0.15, 0.2) is 24.7 Å². The van der Waals surface area contributed by atoms with Crippen molar-refractivity contribution in [1.29, 1.82) is 0 Å². The van der Waals surface area contributed by atoms with Crippen molar-refractivity contribution in [2.24, 2.45) is 12.5 Å². The van der Waals surface area contributed by atoms with Crippen LogP contribution in [0.4, 0.5) is 14.6 Å². The van der Waals surface area contributed by atoms with E-state index in [1.165, 1.54) is 6.07 Å². The molecular weight excluding hydrogens is 416 g/mol. The first-order valence-electron chi connectivity index (χ1n) is 10.9. The third kappa shape index (κ3) is 4.28. The Hall–Kier alpha value is -3.10. The molecular formula is C23H27F2N5O2. The number of fused-ring (bicyclic) bond motifs is 1. The van der Waals surface area contributed by atoms with Gasteiger partial charge in [0.25, 0.3) is 0 Å². The molecule has 0 aliphatic heterocycles. The molecule has 1 aliphatic rings. The Balaban J connectivity index is 1.70. The van der Waals surface area contributed by atoms with Crippen molar-refractivity contribution in [3.05, 3.63) is 36.3 Å². The van der Waals surface area contributed by atoms with Gasteiger partial charge >= 0.3 is 5.97 Å². The zero-order valence-corrected chi connectivity index (χ0v) is 18.5. The average Bonchev–Trinajstić information content (AvgIpc) is 3.33. The second-order valence-corrected chi connectivity index (χ2v) is 8.64. The lowest BCUT2D eigenvalue weighted by molar-refractivity contribution is -0.144. The van der Waals surface area contributed by atoms with Gasteiger partial charge in [0, 0.05) is 30.2 Å². The summed E-state index contributed by atoms with van der Waals surface area (Å²) < 4.78 is 35.5. The van der Waals surface area contributed by atoms with E-state index in [-0.39, 0.29) is 35.5 Å². The summed E-state index contributed by atoms with van der Waals surface area (Å²) in [5.41, 5.74) is 0.936. The summed E-state index contributed by atoms with van der Waals surface area (Å²) in [4.78, 5) is 24.9. The number of hydrogen-bond donors (Lipinski definition) is 1. The maximum absolute atomic E-state index is 14.7. The van der Waals surface area contributed by atoms with Gasteiger partial charge in [-0.3, -0.25) is 4.79 Å². The number of nitrogens with zero attached hydrogens (tertiary/aromatic N) is 4. The van der Waals surface area contributed by atoms with Crippen LogP contribution >= 0.6 is 0 Å². The van der Waals surface area contributed by atoms with Crippen molar-refractivity contribution in [2.75, 3.05) is 11.9 Å². The zero-order chi connectivity index (χ0) is 22.9. The maximum atomic E-state index is 14.7. The van der Waals surface area contributed by atoms with Crippen LogP contribution in [-0.2, 0) is 16.6 Å². The minimum Gasteiger partial charge on any atom is -0.466 e. The minimum atomic E-state index is -0.617. The number of aromatic nitrogens is 4. The summed E-state index contributed by atoms with van der Waals surface area (Å²) in [5.74, 6) is -1.16. The number of pyridine rings is 1. The molecule has 1 fully saturated rings. The summed E-state index contributed by atoms with van der Waals surface area (Å²) in [5, 5.41) is 3.71. The lowest BCUT2D eigenvalue weighted by Gasteiger charge is -2.34. The molecule has 0 amide bonds. The van der Waals surface area contributed by atoms with E-state index in [4.69, 9.17) is 4.74 Å². The molecule has 3 aromatic heterocycles. The summed E-state index contributed by atoms with van der Waals surface area (Å²) in [6.07, 6.45) is 8.07. The average molecular weight is 443 g/mol. The van der Waals surface area contributed by atoms with E-state index >= 15 is 0 Å². The predicted octanol–water partition coefficient (Wildman–Crippen LogP) is 4.62. The molecule has 0 saturated heterocycles. The first-order valence-corrected chi connectivity index (χ1v) is 10.9. The molecule has 1 aliphatic carbocycles. The number of anilines is 1. The number of carbonyl (C=O) groups is 1. The SMILES string of the molecule is CCOC(=O)CC(Nc1nc(-c2cn(C)c3ncc(F)cc23)ncc1F)C1(C)CCCC1. The van der Waals surface area contributed by atoms with E-state index in [1.54, 1.807) is 24.7 Å². The number of ether oxygens (including phenoxy) is 1. The van der Waals surface area contributed by atoms with Gasteiger partial charge in [0.05, 0.1) is 25.4 Å². The van der Waals surface area contributed by atoms with Gasteiger partial charge in [-0.1, -0.05) is 19.8 Å². The van der Waals surface area contributed by atoms with Crippen LogP contribution in [-0.4, -0.2) is 38.1 Å². The van der Waals surface area contributed by atoms with Gasteiger partial charge < -0.3 is 14.6 Å². The van der Waals surface area contributed by atoms with Gasteiger partial charge in [-0.15, -0.1) is 0 Å². The molecule has 9 heteroatoms. The van der Waals surface area contributed by atoms with Gasteiger partial charge in [-0.05, 0) is 31.2 Å². The van der Waals surface area contributed by atoms with Crippen LogP contribution in [0, 0.1) is 17.0 Å².